The molecule has 0 amide bonds. The summed E-state index contributed by atoms with van der Waals surface area (Å²) >= 11 is 0. The van der Waals surface area contributed by atoms with Gasteiger partial charge in [-0.2, -0.15) is 0 Å². The van der Waals surface area contributed by atoms with Crippen LogP contribution < -0.4 is 5.73 Å². The molecule has 5 nitrogen and oxygen atoms in total. The molecule has 0 spiro atoms. The Morgan fingerprint density at radius 3 is 2.89 bits per heavy atom. The van der Waals surface area contributed by atoms with E-state index in [1.165, 1.54) is 0 Å². The van der Waals surface area contributed by atoms with Crippen LogP contribution in [-0.4, -0.2) is 22.1 Å². The lowest BCUT2D eigenvalue weighted by Gasteiger charge is -2.09. The number of benzene rings is 1. The Morgan fingerprint density at radius 2 is 2.21 bits per heavy atom. The SMILES string of the molecule is Cc1cccc(C(=O)OCCn2ccnc2C)c1N. The molecule has 1 heterocycles. The fraction of sp³-hybridized carbons (Fsp3) is 0.286. The van der Waals surface area contributed by atoms with Gasteiger partial charge in [-0.1, -0.05) is 12.1 Å². The van der Waals surface area contributed by atoms with E-state index in [9.17, 15) is 4.79 Å². The molecule has 1 aromatic heterocycles. The topological polar surface area (TPSA) is 70.1 Å². The number of anilines is 1. The fourth-order valence-electron chi connectivity index (χ4n) is 1.81. The second kappa shape index (κ2) is 5.56. The van der Waals surface area contributed by atoms with Crippen LogP contribution in [-0.2, 0) is 11.3 Å². The standard InChI is InChI=1S/C14H17N3O2/c1-10-4-3-5-12(13(10)15)14(18)19-9-8-17-7-6-16-11(17)2/h3-7H,8-9,15H2,1-2H3. The quantitative estimate of drug-likeness (QED) is 0.673. The van der Waals surface area contributed by atoms with Gasteiger partial charge in [0.15, 0.2) is 0 Å². The Balaban J connectivity index is 1.95. The number of hydrogen-bond acceptors (Lipinski definition) is 4. The summed E-state index contributed by atoms with van der Waals surface area (Å²) in [6.07, 6.45) is 3.57. The summed E-state index contributed by atoms with van der Waals surface area (Å²) in [4.78, 5) is 16.0. The highest BCUT2D eigenvalue weighted by atomic mass is 16.5. The monoisotopic (exact) mass is 259 g/mol. The molecule has 0 aliphatic carbocycles. The van der Waals surface area contributed by atoms with E-state index in [1.807, 2.05) is 30.7 Å². The van der Waals surface area contributed by atoms with Gasteiger partial charge in [-0.15, -0.1) is 0 Å². The van der Waals surface area contributed by atoms with Crippen molar-refractivity contribution < 1.29 is 9.53 Å². The van der Waals surface area contributed by atoms with E-state index in [2.05, 4.69) is 4.98 Å². The molecule has 1 aromatic carbocycles. The molecule has 0 bridgehead atoms. The van der Waals surface area contributed by atoms with Crippen molar-refractivity contribution in [2.45, 2.75) is 20.4 Å². The first-order valence-corrected chi connectivity index (χ1v) is 6.09. The fourth-order valence-corrected chi connectivity index (χ4v) is 1.81. The number of nitrogen functional groups attached to an aromatic ring is 1. The first kappa shape index (κ1) is 13.1. The number of aromatic nitrogens is 2. The molecule has 0 radical (unpaired) electrons. The van der Waals surface area contributed by atoms with Crippen molar-refractivity contribution in [3.8, 4) is 0 Å². The summed E-state index contributed by atoms with van der Waals surface area (Å²) in [5.41, 5.74) is 7.63. The number of nitrogens with two attached hydrogens (primary N) is 1. The Morgan fingerprint density at radius 1 is 1.42 bits per heavy atom. The highest BCUT2D eigenvalue weighted by Gasteiger charge is 2.12. The van der Waals surface area contributed by atoms with Crippen molar-refractivity contribution in [1.82, 2.24) is 9.55 Å². The Bertz CT molecular complexity index is 590. The lowest BCUT2D eigenvalue weighted by Crippen LogP contribution is -2.13. The molecule has 0 saturated heterocycles. The van der Waals surface area contributed by atoms with Gasteiger partial charge in [0.25, 0.3) is 0 Å². The third-order valence-electron chi connectivity index (χ3n) is 3.03. The van der Waals surface area contributed by atoms with Gasteiger partial charge in [-0.25, -0.2) is 9.78 Å². The van der Waals surface area contributed by atoms with Crippen molar-refractivity contribution in [2.75, 3.05) is 12.3 Å². The third kappa shape index (κ3) is 2.93. The summed E-state index contributed by atoms with van der Waals surface area (Å²) in [7, 11) is 0. The summed E-state index contributed by atoms with van der Waals surface area (Å²) in [5.74, 6) is 0.505. The van der Waals surface area contributed by atoms with Crippen LogP contribution in [0.5, 0.6) is 0 Å². The second-order valence-electron chi connectivity index (χ2n) is 4.34. The number of nitrogens with zero attached hydrogens (tertiary/aromatic N) is 2. The van der Waals surface area contributed by atoms with E-state index in [1.54, 1.807) is 18.3 Å². The molecule has 0 saturated carbocycles. The van der Waals surface area contributed by atoms with E-state index in [4.69, 9.17) is 10.5 Å². The van der Waals surface area contributed by atoms with Gasteiger partial charge in [0, 0.05) is 18.1 Å². The largest absolute Gasteiger partial charge is 0.460 e. The molecule has 19 heavy (non-hydrogen) atoms. The van der Waals surface area contributed by atoms with Crippen molar-refractivity contribution in [2.24, 2.45) is 0 Å². The molecule has 0 aliphatic rings. The zero-order valence-corrected chi connectivity index (χ0v) is 11.1. The Kier molecular flexibility index (Phi) is 3.85. The molecule has 0 atom stereocenters. The molecule has 2 rings (SSSR count). The average molecular weight is 259 g/mol. The predicted molar refractivity (Wildman–Crippen MR) is 72.8 cm³/mol. The van der Waals surface area contributed by atoms with Gasteiger partial charge < -0.3 is 15.0 Å². The molecular formula is C14H17N3O2. The van der Waals surface area contributed by atoms with Gasteiger partial charge in [-0.3, -0.25) is 0 Å². The maximum atomic E-state index is 11.9. The van der Waals surface area contributed by atoms with Gasteiger partial charge in [-0.05, 0) is 25.5 Å². The van der Waals surface area contributed by atoms with Crippen LogP contribution in [0, 0.1) is 13.8 Å². The molecule has 2 N–H and O–H groups in total. The minimum absolute atomic E-state index is 0.295. The van der Waals surface area contributed by atoms with Crippen molar-refractivity contribution in [3.63, 3.8) is 0 Å². The van der Waals surface area contributed by atoms with Crippen LogP contribution in [0.1, 0.15) is 21.7 Å². The highest BCUT2D eigenvalue weighted by molar-refractivity contribution is 5.95. The van der Waals surface area contributed by atoms with Crippen molar-refractivity contribution in [3.05, 3.63) is 47.5 Å². The van der Waals surface area contributed by atoms with E-state index in [0.717, 1.165) is 11.4 Å². The van der Waals surface area contributed by atoms with Crippen LogP contribution in [0.2, 0.25) is 0 Å². The Labute approximate surface area is 112 Å². The Hall–Kier alpha value is -2.30. The van der Waals surface area contributed by atoms with E-state index >= 15 is 0 Å². The number of carbonyl (C=O) groups excluding carboxylic acids is 1. The smallest absolute Gasteiger partial charge is 0.340 e. The van der Waals surface area contributed by atoms with Gasteiger partial charge in [0.1, 0.15) is 12.4 Å². The van der Waals surface area contributed by atoms with Crippen LogP contribution in [0.25, 0.3) is 0 Å². The first-order chi connectivity index (χ1) is 9.09. The maximum absolute atomic E-state index is 11.9. The minimum Gasteiger partial charge on any atom is -0.460 e. The molecule has 100 valence electrons. The number of aryl methyl sites for hydroxylation is 2. The van der Waals surface area contributed by atoms with E-state index < -0.39 is 0 Å². The number of carbonyl (C=O) groups is 1. The number of imidazole rings is 1. The highest BCUT2D eigenvalue weighted by Crippen LogP contribution is 2.17. The molecule has 0 unspecified atom stereocenters. The average Bonchev–Trinajstić information content (AvgIpc) is 2.78. The number of rotatable bonds is 4. The number of ether oxygens (including phenoxy) is 1. The lowest BCUT2D eigenvalue weighted by molar-refractivity contribution is 0.0492. The predicted octanol–water partition coefficient (Wildman–Crippen LogP) is 1.94. The number of hydrogen-bond donors (Lipinski definition) is 1. The van der Waals surface area contributed by atoms with Crippen molar-refractivity contribution in [1.29, 1.82) is 0 Å². The molecule has 2 aromatic rings. The minimum atomic E-state index is -0.390. The summed E-state index contributed by atoms with van der Waals surface area (Å²) in [5, 5.41) is 0. The van der Waals surface area contributed by atoms with Gasteiger partial charge in [0.2, 0.25) is 0 Å². The molecule has 5 heteroatoms. The molecule has 0 aliphatic heterocycles. The second-order valence-corrected chi connectivity index (χ2v) is 4.34. The van der Waals surface area contributed by atoms with Crippen LogP contribution in [0.4, 0.5) is 5.69 Å². The molecular weight excluding hydrogens is 242 g/mol. The third-order valence-corrected chi connectivity index (χ3v) is 3.03. The number of para-hydroxylation sites is 1. The van der Waals surface area contributed by atoms with Crippen LogP contribution in [0.15, 0.2) is 30.6 Å². The summed E-state index contributed by atoms with van der Waals surface area (Å²) in [6.45, 7) is 4.65. The summed E-state index contributed by atoms with van der Waals surface area (Å²) < 4.78 is 7.15. The van der Waals surface area contributed by atoms with E-state index in [0.29, 0.717) is 24.4 Å². The summed E-state index contributed by atoms with van der Waals surface area (Å²) in [6, 6.07) is 5.33. The van der Waals surface area contributed by atoms with Crippen molar-refractivity contribution >= 4 is 11.7 Å². The van der Waals surface area contributed by atoms with Crippen LogP contribution in [0.3, 0.4) is 0 Å². The van der Waals surface area contributed by atoms with Gasteiger partial charge >= 0.3 is 5.97 Å². The van der Waals surface area contributed by atoms with E-state index in [-0.39, 0.29) is 5.97 Å². The molecule has 0 fully saturated rings. The van der Waals surface area contributed by atoms with Crippen LogP contribution >= 0.6 is 0 Å². The number of esters is 1. The zero-order valence-electron chi connectivity index (χ0n) is 11.1. The van der Waals surface area contributed by atoms with Gasteiger partial charge in [0.05, 0.1) is 12.1 Å². The maximum Gasteiger partial charge on any atom is 0.340 e. The normalized spacial score (nSPS) is 10.4. The first-order valence-electron chi connectivity index (χ1n) is 6.09. The zero-order chi connectivity index (χ0) is 13.8. The lowest BCUT2D eigenvalue weighted by atomic mass is 10.1.